The molecule has 3 aromatic rings. The molecule has 7 heteroatoms. The molecule has 1 saturated heterocycles. The van der Waals surface area contributed by atoms with Gasteiger partial charge in [0.2, 0.25) is 5.91 Å². The predicted octanol–water partition coefficient (Wildman–Crippen LogP) is 9.13. The van der Waals surface area contributed by atoms with E-state index in [2.05, 4.69) is 129 Å². The van der Waals surface area contributed by atoms with Gasteiger partial charge in [-0.2, -0.15) is 0 Å². The van der Waals surface area contributed by atoms with Gasteiger partial charge in [0.1, 0.15) is 5.60 Å². The zero-order chi connectivity index (χ0) is 35.4. The van der Waals surface area contributed by atoms with Crippen LogP contribution in [-0.2, 0) is 14.3 Å². The van der Waals surface area contributed by atoms with Gasteiger partial charge in [0.15, 0.2) is 0 Å². The van der Waals surface area contributed by atoms with Gasteiger partial charge < -0.3 is 15.0 Å². The summed E-state index contributed by atoms with van der Waals surface area (Å²) in [6.45, 7) is 14.1. The van der Waals surface area contributed by atoms with E-state index in [0.717, 1.165) is 25.8 Å². The Morgan fingerprint density at radius 1 is 0.878 bits per heavy atom. The molecule has 0 spiro atoms. The number of hydrogen-bond donors (Lipinski definition) is 1. The second kappa shape index (κ2) is 18.1. The first kappa shape index (κ1) is 38.5. The maximum atomic E-state index is 13.9. The highest BCUT2D eigenvalue weighted by Crippen LogP contribution is 2.52. The first-order valence-corrected chi connectivity index (χ1v) is 19.2. The van der Waals surface area contributed by atoms with Gasteiger partial charge >= 0.3 is 6.09 Å². The van der Waals surface area contributed by atoms with E-state index in [9.17, 15) is 9.59 Å². The maximum absolute atomic E-state index is 13.9. The summed E-state index contributed by atoms with van der Waals surface area (Å²) in [6.07, 6.45) is 6.00. The summed E-state index contributed by atoms with van der Waals surface area (Å²) in [5.41, 5.74) is 2.95. The fourth-order valence-corrected chi connectivity index (χ4v) is 8.91. The van der Waals surface area contributed by atoms with Crippen LogP contribution in [0.5, 0.6) is 0 Å². The summed E-state index contributed by atoms with van der Waals surface area (Å²) in [5.74, 6) is 0.257. The summed E-state index contributed by atoms with van der Waals surface area (Å²) in [4.78, 5) is 31.8. The summed E-state index contributed by atoms with van der Waals surface area (Å²) in [6, 6.07) is 31.6. The normalized spacial score (nSPS) is 17.9. The number of likely N-dealkylation sites (N-methyl/N-ethyl adjacent to an activating group) is 1. The Bertz CT molecular complexity index is 1330. The molecular weight excluding hydrogens is 627 g/mol. The quantitative estimate of drug-likeness (QED) is 0.120. The second-order valence-electron chi connectivity index (χ2n) is 14.7. The van der Waals surface area contributed by atoms with Gasteiger partial charge in [-0.15, -0.1) is 11.8 Å². The molecule has 2 amide bonds. The van der Waals surface area contributed by atoms with E-state index in [1.165, 1.54) is 36.0 Å². The highest BCUT2D eigenvalue weighted by atomic mass is 32.2. The predicted molar refractivity (Wildman–Crippen MR) is 205 cm³/mol. The van der Waals surface area contributed by atoms with Crippen LogP contribution in [0.2, 0.25) is 0 Å². The van der Waals surface area contributed by atoms with Crippen LogP contribution < -0.4 is 5.32 Å². The molecule has 0 aromatic heterocycles. The molecule has 1 aliphatic heterocycles. The number of carbonyl (C=O) groups excluding carboxylic acids is 2. The number of rotatable bonds is 16. The van der Waals surface area contributed by atoms with Gasteiger partial charge in [0.25, 0.3) is 0 Å². The maximum Gasteiger partial charge on any atom is 0.410 e. The molecule has 4 atom stereocenters. The van der Waals surface area contributed by atoms with Crippen LogP contribution >= 0.6 is 11.8 Å². The number of nitrogens with one attached hydrogen (secondary N) is 1. The van der Waals surface area contributed by atoms with Crippen molar-refractivity contribution in [1.29, 1.82) is 0 Å². The van der Waals surface area contributed by atoms with Crippen molar-refractivity contribution in [2.75, 3.05) is 26.7 Å². The SMILES string of the molecule is CCCCCCN(C)[C@H](C(=O)NCC1CC(SC(c2ccccc2)(c2ccccc2)c2ccccc2)CN1C(=O)OC(C)(C)C)[C@@H](C)CC. The fourth-order valence-electron chi connectivity index (χ4n) is 7.04. The minimum absolute atomic E-state index is 0.0415. The lowest BCUT2D eigenvalue weighted by molar-refractivity contribution is -0.128. The lowest BCUT2D eigenvalue weighted by Gasteiger charge is -2.37. The average molecular weight is 686 g/mol. The Hall–Kier alpha value is -3.29. The van der Waals surface area contributed by atoms with Crippen LogP contribution in [0.15, 0.2) is 91.0 Å². The number of hydrogen-bond acceptors (Lipinski definition) is 5. The van der Waals surface area contributed by atoms with Gasteiger partial charge in [-0.1, -0.05) is 137 Å². The Kier molecular flexibility index (Phi) is 14.2. The topological polar surface area (TPSA) is 61.9 Å². The van der Waals surface area contributed by atoms with Crippen LogP contribution in [0.3, 0.4) is 0 Å². The molecule has 1 fully saturated rings. The smallest absolute Gasteiger partial charge is 0.410 e. The largest absolute Gasteiger partial charge is 0.444 e. The van der Waals surface area contributed by atoms with E-state index < -0.39 is 10.3 Å². The molecule has 0 radical (unpaired) electrons. The Labute approximate surface area is 300 Å². The highest BCUT2D eigenvalue weighted by molar-refractivity contribution is 8.01. The molecule has 6 nitrogen and oxygen atoms in total. The molecule has 2 unspecified atom stereocenters. The fraction of sp³-hybridized carbons (Fsp3) is 0.524. The number of likely N-dealkylation sites (tertiary alicyclic amines) is 1. The Balaban J connectivity index is 1.64. The molecule has 266 valence electrons. The lowest BCUT2D eigenvalue weighted by Crippen LogP contribution is -2.52. The van der Waals surface area contributed by atoms with Crippen LogP contribution in [0.1, 0.15) is 96.8 Å². The van der Waals surface area contributed by atoms with Crippen molar-refractivity contribution in [2.45, 2.75) is 108 Å². The van der Waals surface area contributed by atoms with Crippen molar-refractivity contribution >= 4 is 23.8 Å². The van der Waals surface area contributed by atoms with Gasteiger partial charge in [-0.05, 0) is 69.8 Å². The number of benzene rings is 3. The molecule has 0 saturated carbocycles. The summed E-state index contributed by atoms with van der Waals surface area (Å²) in [5, 5.41) is 3.39. The Morgan fingerprint density at radius 3 is 1.88 bits per heavy atom. The second-order valence-corrected chi connectivity index (χ2v) is 16.2. The number of ether oxygens (including phenoxy) is 1. The van der Waals surface area contributed by atoms with Crippen LogP contribution in [0.25, 0.3) is 0 Å². The van der Waals surface area contributed by atoms with Gasteiger partial charge in [0, 0.05) is 18.3 Å². The van der Waals surface area contributed by atoms with Crippen molar-refractivity contribution in [3.05, 3.63) is 108 Å². The molecule has 0 aliphatic carbocycles. The molecule has 4 rings (SSSR count). The van der Waals surface area contributed by atoms with E-state index in [-0.39, 0.29) is 35.3 Å². The van der Waals surface area contributed by atoms with Crippen molar-refractivity contribution in [3.8, 4) is 0 Å². The molecule has 1 aliphatic rings. The van der Waals surface area contributed by atoms with E-state index in [0.29, 0.717) is 13.1 Å². The third-order valence-electron chi connectivity index (χ3n) is 9.69. The minimum atomic E-state index is -0.625. The van der Waals surface area contributed by atoms with Crippen molar-refractivity contribution < 1.29 is 14.3 Å². The van der Waals surface area contributed by atoms with Crippen LogP contribution in [0, 0.1) is 5.92 Å². The van der Waals surface area contributed by atoms with Crippen LogP contribution in [0.4, 0.5) is 4.79 Å². The third-order valence-corrected chi connectivity index (χ3v) is 11.4. The standard InChI is InChI=1S/C42H59N3O3S/c1-8-10-11-21-28-44(7)38(32(3)9-2)39(46)43-30-36-29-37(31-45(36)40(47)48-41(4,5)6)49-42(33-22-15-12-16-23-33,34-24-17-13-18-25-34)35-26-19-14-20-27-35/h12-20,22-27,32,36-38H,8-11,21,28-31H2,1-7H3,(H,43,46)/t32-,36?,37?,38-/m0/s1. The van der Waals surface area contributed by atoms with Crippen molar-refractivity contribution in [3.63, 3.8) is 0 Å². The minimum Gasteiger partial charge on any atom is -0.444 e. The number of unbranched alkanes of at least 4 members (excludes halogenated alkanes) is 3. The molecule has 0 bridgehead atoms. The van der Waals surface area contributed by atoms with Crippen molar-refractivity contribution in [1.82, 2.24) is 15.1 Å². The van der Waals surface area contributed by atoms with Crippen molar-refractivity contribution in [2.24, 2.45) is 5.92 Å². The number of thioether (sulfide) groups is 1. The van der Waals surface area contributed by atoms with Crippen LogP contribution in [-0.4, -0.2) is 71.4 Å². The first-order valence-electron chi connectivity index (χ1n) is 18.3. The molecule has 3 aromatic carbocycles. The molecule has 1 heterocycles. The number of carbonyl (C=O) groups is 2. The van der Waals surface area contributed by atoms with E-state index in [1.807, 2.05) is 37.4 Å². The first-order chi connectivity index (χ1) is 23.5. The Morgan fingerprint density at radius 2 is 1.41 bits per heavy atom. The molecule has 49 heavy (non-hydrogen) atoms. The summed E-state index contributed by atoms with van der Waals surface area (Å²) < 4.78 is 5.45. The molecule has 1 N–H and O–H groups in total. The summed E-state index contributed by atoms with van der Waals surface area (Å²) >= 11 is 1.90. The third kappa shape index (κ3) is 10.1. The van der Waals surface area contributed by atoms with E-state index in [4.69, 9.17) is 4.74 Å². The lowest BCUT2D eigenvalue weighted by atomic mass is 9.84. The molecular formula is C42H59N3O3S. The van der Waals surface area contributed by atoms with E-state index in [1.54, 1.807) is 0 Å². The van der Waals surface area contributed by atoms with E-state index >= 15 is 0 Å². The monoisotopic (exact) mass is 685 g/mol. The van der Waals surface area contributed by atoms with Gasteiger partial charge in [-0.25, -0.2) is 4.79 Å². The van der Waals surface area contributed by atoms with Gasteiger partial charge in [0.05, 0.1) is 16.8 Å². The summed E-state index contributed by atoms with van der Waals surface area (Å²) in [7, 11) is 2.08. The highest BCUT2D eigenvalue weighted by Gasteiger charge is 2.45. The number of amides is 2. The number of nitrogens with zero attached hydrogens (tertiary/aromatic N) is 2. The average Bonchev–Trinajstić information content (AvgIpc) is 3.51. The van der Waals surface area contributed by atoms with Gasteiger partial charge in [-0.3, -0.25) is 9.69 Å². The zero-order valence-corrected chi connectivity index (χ0v) is 31.7. The zero-order valence-electron chi connectivity index (χ0n) is 30.9.